The zero-order chi connectivity index (χ0) is 43.4. The molecule has 0 fully saturated rings. The maximum atomic E-state index is 6.41. The van der Waals surface area contributed by atoms with E-state index in [-0.39, 0.29) is 0 Å². The molecule has 0 aromatic rings. The Morgan fingerprint density at radius 3 is 0.707 bits per heavy atom. The molecule has 350 valence electrons. The van der Waals surface area contributed by atoms with Crippen LogP contribution in [0.25, 0.3) is 0 Å². The van der Waals surface area contributed by atoms with Crippen molar-refractivity contribution in [1.29, 1.82) is 0 Å². The highest BCUT2D eigenvalue weighted by Crippen LogP contribution is 2.43. The summed E-state index contributed by atoms with van der Waals surface area (Å²) in [5, 5.41) is 0. The van der Waals surface area contributed by atoms with Gasteiger partial charge in [-0.15, -0.1) is 0 Å². The lowest BCUT2D eigenvalue weighted by molar-refractivity contribution is 0.147. The van der Waals surface area contributed by atoms with Crippen LogP contribution in [-0.4, -0.2) is 19.8 Å². The maximum Gasteiger partial charge on any atom is 0.332 e. The topological polar surface area (TPSA) is 27.7 Å². The van der Waals surface area contributed by atoms with Gasteiger partial charge in [-0.3, -0.25) is 0 Å². The second kappa shape index (κ2) is 37.8. The highest BCUT2D eigenvalue weighted by molar-refractivity contribution is 7.41. The SMILES string of the molecule is CCCCCCCC(CCCCCOP(OCCCCCC(CCCCCCC)C(C)(C)CC)OCCCCCC(CCCCCCC)C(C)(C)CC)C(C)(C)CC. The van der Waals surface area contributed by atoms with Crippen molar-refractivity contribution >= 4 is 8.60 Å². The van der Waals surface area contributed by atoms with Crippen molar-refractivity contribution in [1.82, 2.24) is 0 Å². The molecule has 0 aromatic heterocycles. The Balaban J connectivity index is 5.00. The van der Waals surface area contributed by atoms with Crippen LogP contribution in [0.2, 0.25) is 0 Å². The van der Waals surface area contributed by atoms with E-state index in [1.807, 2.05) is 0 Å². The summed E-state index contributed by atoms with van der Waals surface area (Å²) in [6.45, 7) is 31.5. The second-order valence-corrected chi connectivity index (χ2v) is 22.2. The zero-order valence-corrected chi connectivity index (χ0v) is 43.3. The summed E-state index contributed by atoms with van der Waals surface area (Å²) in [4.78, 5) is 0. The summed E-state index contributed by atoms with van der Waals surface area (Å²) in [7, 11) is -1.26. The summed E-state index contributed by atoms with van der Waals surface area (Å²) in [5.74, 6) is 2.52. The minimum Gasteiger partial charge on any atom is -0.312 e. The van der Waals surface area contributed by atoms with Crippen LogP contribution >= 0.6 is 8.60 Å². The van der Waals surface area contributed by atoms with Gasteiger partial charge in [0.2, 0.25) is 0 Å². The Bertz CT molecular complexity index is 746. The van der Waals surface area contributed by atoms with E-state index in [0.717, 1.165) is 56.8 Å². The molecule has 0 amide bonds. The van der Waals surface area contributed by atoms with Crippen LogP contribution in [0.15, 0.2) is 0 Å². The van der Waals surface area contributed by atoms with E-state index in [0.29, 0.717) is 16.2 Å². The van der Waals surface area contributed by atoms with Gasteiger partial charge in [-0.05, 0) is 91.8 Å². The standard InChI is InChI=1S/C54H111O3P/c1-13-19-22-25-31-40-49(52(7,8)16-4)43-34-28-37-46-55-58(56-47-38-29-35-44-50(53(9,10)17-5)41-32-26-23-20-14-2)57-48-39-30-36-45-51(54(11,12)18-6)42-33-27-24-21-15-3/h49-51H,13-48H2,1-12H3. The predicted molar refractivity (Wildman–Crippen MR) is 263 cm³/mol. The van der Waals surface area contributed by atoms with Crippen LogP contribution in [0.4, 0.5) is 0 Å². The van der Waals surface area contributed by atoms with Crippen LogP contribution in [0, 0.1) is 34.0 Å². The van der Waals surface area contributed by atoms with Crippen molar-refractivity contribution in [2.45, 2.75) is 295 Å². The molecule has 0 bridgehead atoms. The average Bonchev–Trinajstić information content (AvgIpc) is 3.21. The van der Waals surface area contributed by atoms with Crippen molar-refractivity contribution in [3.05, 3.63) is 0 Å². The van der Waals surface area contributed by atoms with Gasteiger partial charge in [0.15, 0.2) is 0 Å². The molecule has 0 aliphatic rings. The van der Waals surface area contributed by atoms with Crippen LogP contribution in [0.5, 0.6) is 0 Å². The summed E-state index contributed by atoms with van der Waals surface area (Å²) in [6, 6.07) is 0. The predicted octanol–water partition coefficient (Wildman–Crippen LogP) is 20.2. The molecule has 0 aromatic carbocycles. The van der Waals surface area contributed by atoms with E-state index < -0.39 is 8.60 Å². The first-order valence-electron chi connectivity index (χ1n) is 26.5. The lowest BCUT2D eigenvalue weighted by atomic mass is 9.72. The van der Waals surface area contributed by atoms with Gasteiger partial charge >= 0.3 is 8.60 Å². The van der Waals surface area contributed by atoms with E-state index in [4.69, 9.17) is 13.6 Å². The first-order chi connectivity index (χ1) is 27.8. The van der Waals surface area contributed by atoms with Crippen LogP contribution in [0.3, 0.4) is 0 Å². The molecular weight excluding hydrogens is 728 g/mol. The molecule has 0 rings (SSSR count). The molecule has 0 spiro atoms. The fraction of sp³-hybridized carbons (Fsp3) is 1.00. The third-order valence-corrected chi connectivity index (χ3v) is 16.4. The van der Waals surface area contributed by atoms with Crippen molar-refractivity contribution < 1.29 is 13.6 Å². The monoisotopic (exact) mass is 839 g/mol. The molecule has 0 saturated heterocycles. The average molecular weight is 839 g/mol. The smallest absolute Gasteiger partial charge is 0.312 e. The Morgan fingerprint density at radius 2 is 0.500 bits per heavy atom. The Kier molecular flexibility index (Phi) is 38.0. The van der Waals surface area contributed by atoms with Gasteiger partial charge in [-0.2, -0.15) is 0 Å². The maximum absolute atomic E-state index is 6.41. The van der Waals surface area contributed by atoms with Gasteiger partial charge in [0.25, 0.3) is 0 Å². The molecule has 0 saturated carbocycles. The number of hydrogen-bond acceptors (Lipinski definition) is 3. The van der Waals surface area contributed by atoms with Crippen LogP contribution in [0.1, 0.15) is 295 Å². The Hall–Kier alpha value is 0.310. The van der Waals surface area contributed by atoms with Gasteiger partial charge in [-0.25, -0.2) is 0 Å². The van der Waals surface area contributed by atoms with E-state index in [1.165, 1.54) is 193 Å². The molecule has 0 heterocycles. The summed E-state index contributed by atoms with van der Waals surface area (Å²) < 4.78 is 19.2. The van der Waals surface area contributed by atoms with Crippen molar-refractivity contribution in [3.8, 4) is 0 Å². The van der Waals surface area contributed by atoms with Gasteiger partial charge in [0.1, 0.15) is 0 Å². The molecule has 3 nitrogen and oxygen atoms in total. The largest absolute Gasteiger partial charge is 0.332 e. The number of hydrogen-bond donors (Lipinski definition) is 0. The van der Waals surface area contributed by atoms with E-state index in [1.54, 1.807) is 0 Å². The van der Waals surface area contributed by atoms with Crippen molar-refractivity contribution in [3.63, 3.8) is 0 Å². The van der Waals surface area contributed by atoms with Gasteiger partial charge in [-0.1, -0.05) is 237 Å². The highest BCUT2D eigenvalue weighted by Gasteiger charge is 2.29. The normalized spacial score (nSPS) is 14.9. The van der Waals surface area contributed by atoms with Crippen LogP contribution < -0.4 is 0 Å². The fourth-order valence-electron chi connectivity index (χ4n) is 9.16. The molecule has 3 unspecified atom stereocenters. The molecule has 0 aliphatic heterocycles. The van der Waals surface area contributed by atoms with Gasteiger partial charge in [0.05, 0.1) is 19.8 Å². The second-order valence-electron chi connectivity index (χ2n) is 21.0. The molecular formula is C54H111O3P. The molecule has 4 heteroatoms. The van der Waals surface area contributed by atoms with E-state index in [9.17, 15) is 0 Å². The summed E-state index contributed by atoms with van der Waals surface area (Å²) in [6.07, 6.45) is 44.0. The minimum atomic E-state index is -1.26. The summed E-state index contributed by atoms with van der Waals surface area (Å²) >= 11 is 0. The van der Waals surface area contributed by atoms with Crippen molar-refractivity contribution in [2.75, 3.05) is 19.8 Å². The number of rotatable bonds is 45. The lowest BCUT2D eigenvalue weighted by Gasteiger charge is -2.34. The molecule has 3 atom stereocenters. The molecule has 0 aliphatic carbocycles. The number of unbranched alkanes of at least 4 members (excludes halogenated alkanes) is 18. The Labute approximate surface area is 369 Å². The molecule has 58 heavy (non-hydrogen) atoms. The third-order valence-electron chi connectivity index (χ3n) is 15.2. The molecule has 0 radical (unpaired) electrons. The van der Waals surface area contributed by atoms with Crippen molar-refractivity contribution in [2.24, 2.45) is 34.0 Å². The first kappa shape index (κ1) is 58.3. The van der Waals surface area contributed by atoms with Gasteiger partial charge < -0.3 is 13.6 Å². The zero-order valence-electron chi connectivity index (χ0n) is 42.4. The third kappa shape index (κ3) is 30.4. The highest BCUT2D eigenvalue weighted by atomic mass is 31.2. The Morgan fingerprint density at radius 1 is 0.293 bits per heavy atom. The molecule has 0 N–H and O–H groups in total. The summed E-state index contributed by atoms with van der Waals surface area (Å²) in [5.41, 5.74) is 1.33. The first-order valence-corrected chi connectivity index (χ1v) is 27.6. The minimum absolute atomic E-state index is 0.444. The van der Waals surface area contributed by atoms with E-state index >= 15 is 0 Å². The van der Waals surface area contributed by atoms with Gasteiger partial charge in [0, 0.05) is 0 Å². The lowest BCUT2D eigenvalue weighted by Crippen LogP contribution is -2.23. The fourth-order valence-corrected chi connectivity index (χ4v) is 10.2. The van der Waals surface area contributed by atoms with Crippen LogP contribution in [-0.2, 0) is 13.6 Å². The van der Waals surface area contributed by atoms with E-state index in [2.05, 4.69) is 83.1 Å². The quantitative estimate of drug-likeness (QED) is 0.0452.